The molecule has 0 aromatic carbocycles. The quantitative estimate of drug-likeness (QED) is 0.329. The van der Waals surface area contributed by atoms with Gasteiger partial charge in [0.2, 0.25) is 0 Å². The Bertz CT molecular complexity index is 327. The van der Waals surface area contributed by atoms with E-state index in [0.29, 0.717) is 0 Å². The van der Waals surface area contributed by atoms with Gasteiger partial charge in [-0.1, -0.05) is 38.5 Å². The highest BCUT2D eigenvalue weighted by molar-refractivity contribution is 7.53. The van der Waals surface area contributed by atoms with Crippen LogP contribution in [-0.4, -0.2) is 35.3 Å². The van der Waals surface area contributed by atoms with E-state index in [0.717, 1.165) is 51.4 Å². The van der Waals surface area contributed by atoms with Gasteiger partial charge in [0, 0.05) is 12.3 Å². The van der Waals surface area contributed by atoms with Crippen LogP contribution in [0.3, 0.4) is 0 Å². The fourth-order valence-electron chi connectivity index (χ4n) is 2.22. The zero-order chi connectivity index (χ0) is 16.9. The molecule has 0 radical (unpaired) electrons. The van der Waals surface area contributed by atoms with Crippen molar-refractivity contribution in [3.63, 3.8) is 0 Å². The highest BCUT2D eigenvalue weighted by Crippen LogP contribution is 2.43. The first kappa shape index (κ1) is 22.3. The molecule has 0 aliphatic heterocycles. The molecule has 0 amide bonds. The number of unbranched alkanes of at least 4 members (excludes halogenated alkanes) is 7. The van der Waals surface area contributed by atoms with Crippen LogP contribution in [0, 0.1) is 0 Å². The predicted molar refractivity (Wildman–Crippen MR) is 89.6 cm³/mol. The smallest absolute Gasteiger partial charge is 0.324 e. The monoisotopic (exact) mass is 358 g/mol. The fourth-order valence-corrected chi connectivity index (χ4v) is 4.53. The Morgan fingerprint density at radius 3 is 1.18 bits per heavy atom. The molecule has 6 nitrogen and oxygen atoms in total. The van der Waals surface area contributed by atoms with Gasteiger partial charge in [0.25, 0.3) is 0 Å². The molecule has 0 fully saturated rings. The van der Waals surface area contributed by atoms with Crippen molar-refractivity contribution in [2.45, 2.75) is 65.2 Å². The van der Waals surface area contributed by atoms with Gasteiger partial charge in [-0.3, -0.25) is 9.13 Å². The van der Waals surface area contributed by atoms with Crippen molar-refractivity contribution >= 4 is 15.2 Å². The molecular formula is C14H32O6P2. The lowest BCUT2D eigenvalue weighted by Gasteiger charge is -2.10. The van der Waals surface area contributed by atoms with E-state index in [1.165, 1.54) is 0 Å². The largest absolute Gasteiger partial charge is 0.328 e. The van der Waals surface area contributed by atoms with E-state index < -0.39 is 15.2 Å². The second-order valence-electron chi connectivity index (χ2n) is 5.39. The van der Waals surface area contributed by atoms with E-state index in [-0.39, 0.29) is 25.5 Å². The van der Waals surface area contributed by atoms with Gasteiger partial charge in [-0.05, 0) is 26.7 Å². The van der Waals surface area contributed by atoms with Gasteiger partial charge in [-0.15, -0.1) is 0 Å². The molecule has 0 aliphatic carbocycles. The topological polar surface area (TPSA) is 93.1 Å². The molecule has 0 saturated carbocycles. The number of rotatable bonds is 15. The summed E-state index contributed by atoms with van der Waals surface area (Å²) >= 11 is 0. The second kappa shape index (κ2) is 12.7. The van der Waals surface area contributed by atoms with Crippen molar-refractivity contribution in [3.8, 4) is 0 Å². The van der Waals surface area contributed by atoms with Crippen LogP contribution in [0.5, 0.6) is 0 Å². The summed E-state index contributed by atoms with van der Waals surface area (Å²) in [6.07, 6.45) is 8.06. The maximum atomic E-state index is 11.4. The molecular weight excluding hydrogens is 326 g/mol. The summed E-state index contributed by atoms with van der Waals surface area (Å²) in [4.78, 5) is 18.8. The summed E-state index contributed by atoms with van der Waals surface area (Å²) < 4.78 is 32.5. The van der Waals surface area contributed by atoms with Gasteiger partial charge in [0.05, 0.1) is 13.2 Å². The molecule has 0 saturated heterocycles. The SMILES string of the molecule is CCOP(=O)(O)CCCCCCCCCCP(=O)(O)OCC. The van der Waals surface area contributed by atoms with Crippen LogP contribution in [0.1, 0.15) is 65.2 Å². The molecule has 2 atom stereocenters. The summed E-state index contributed by atoms with van der Waals surface area (Å²) in [6, 6.07) is 0. The third kappa shape index (κ3) is 13.9. The normalized spacial score (nSPS) is 17.1. The zero-order valence-electron chi connectivity index (χ0n) is 13.9. The van der Waals surface area contributed by atoms with Crippen molar-refractivity contribution in [1.29, 1.82) is 0 Å². The van der Waals surface area contributed by atoms with Gasteiger partial charge in [0.1, 0.15) is 0 Å². The molecule has 134 valence electrons. The van der Waals surface area contributed by atoms with E-state index in [1.807, 2.05) is 0 Å². The molecule has 22 heavy (non-hydrogen) atoms. The molecule has 2 N–H and O–H groups in total. The fraction of sp³-hybridized carbons (Fsp3) is 1.00. The van der Waals surface area contributed by atoms with Crippen molar-refractivity contribution in [1.82, 2.24) is 0 Å². The van der Waals surface area contributed by atoms with Gasteiger partial charge in [-0.2, -0.15) is 0 Å². The Balaban J connectivity index is 3.38. The summed E-state index contributed by atoms with van der Waals surface area (Å²) in [5.74, 6) is 0. The molecule has 0 aliphatic rings. The molecule has 0 aromatic heterocycles. The number of hydrogen-bond donors (Lipinski definition) is 2. The van der Waals surface area contributed by atoms with Crippen LogP contribution < -0.4 is 0 Å². The van der Waals surface area contributed by atoms with E-state index in [9.17, 15) is 18.9 Å². The average Bonchev–Trinajstić information content (AvgIpc) is 2.40. The molecule has 2 unspecified atom stereocenters. The Labute approximate surface area is 134 Å². The van der Waals surface area contributed by atoms with Crippen LogP contribution >= 0.6 is 15.2 Å². The molecule has 0 rings (SSSR count). The highest BCUT2D eigenvalue weighted by atomic mass is 31.2. The van der Waals surface area contributed by atoms with Crippen LogP contribution in [0.4, 0.5) is 0 Å². The molecule has 0 bridgehead atoms. The lowest BCUT2D eigenvalue weighted by Crippen LogP contribution is -1.95. The van der Waals surface area contributed by atoms with Crippen LogP contribution in [-0.2, 0) is 18.2 Å². The third-order valence-corrected chi connectivity index (χ3v) is 6.38. The average molecular weight is 358 g/mol. The maximum absolute atomic E-state index is 11.4. The van der Waals surface area contributed by atoms with Crippen molar-refractivity contribution in [2.24, 2.45) is 0 Å². The Morgan fingerprint density at radius 2 is 0.909 bits per heavy atom. The van der Waals surface area contributed by atoms with E-state index in [2.05, 4.69) is 0 Å². The van der Waals surface area contributed by atoms with Crippen LogP contribution in [0.15, 0.2) is 0 Å². The zero-order valence-corrected chi connectivity index (χ0v) is 15.7. The summed E-state index contributed by atoms with van der Waals surface area (Å²) in [5, 5.41) is 0. The standard InChI is InChI=1S/C14H32O6P2/c1-3-19-21(15,16)13-11-9-7-5-6-8-10-12-14-22(17,18)20-4-2/h3-14H2,1-2H3,(H,15,16)(H,17,18). The second-order valence-corrected chi connectivity index (χ2v) is 9.35. The third-order valence-electron chi connectivity index (χ3n) is 3.29. The molecule has 0 aromatic rings. The maximum Gasteiger partial charge on any atom is 0.328 e. The number of hydrogen-bond acceptors (Lipinski definition) is 4. The summed E-state index contributed by atoms with van der Waals surface area (Å²) in [5.41, 5.74) is 0. The molecule has 0 heterocycles. The Kier molecular flexibility index (Phi) is 12.9. The predicted octanol–water partition coefficient (Wildman–Crippen LogP) is 4.55. The first-order valence-corrected chi connectivity index (χ1v) is 11.8. The van der Waals surface area contributed by atoms with E-state index in [4.69, 9.17) is 9.05 Å². The van der Waals surface area contributed by atoms with E-state index >= 15 is 0 Å². The van der Waals surface area contributed by atoms with Gasteiger partial charge < -0.3 is 18.8 Å². The van der Waals surface area contributed by atoms with Gasteiger partial charge >= 0.3 is 15.2 Å². The Morgan fingerprint density at radius 1 is 0.636 bits per heavy atom. The molecule has 0 spiro atoms. The first-order chi connectivity index (χ1) is 10.3. The van der Waals surface area contributed by atoms with Gasteiger partial charge in [-0.25, -0.2) is 0 Å². The minimum atomic E-state index is -3.35. The minimum Gasteiger partial charge on any atom is -0.324 e. The summed E-state index contributed by atoms with van der Waals surface area (Å²) in [7, 11) is -6.69. The lowest BCUT2D eigenvalue weighted by molar-refractivity contribution is 0.271. The van der Waals surface area contributed by atoms with E-state index in [1.54, 1.807) is 13.8 Å². The first-order valence-electron chi connectivity index (χ1n) is 8.25. The van der Waals surface area contributed by atoms with Crippen molar-refractivity contribution in [2.75, 3.05) is 25.5 Å². The molecule has 8 heteroatoms. The Hall–Kier alpha value is 0.300. The van der Waals surface area contributed by atoms with Gasteiger partial charge in [0.15, 0.2) is 0 Å². The van der Waals surface area contributed by atoms with Crippen molar-refractivity contribution < 1.29 is 28.0 Å². The summed E-state index contributed by atoms with van der Waals surface area (Å²) in [6.45, 7) is 3.98. The lowest BCUT2D eigenvalue weighted by atomic mass is 10.1. The highest BCUT2D eigenvalue weighted by Gasteiger charge is 2.17. The van der Waals surface area contributed by atoms with Crippen LogP contribution in [0.2, 0.25) is 0 Å². The van der Waals surface area contributed by atoms with Crippen LogP contribution in [0.25, 0.3) is 0 Å². The van der Waals surface area contributed by atoms with Crippen molar-refractivity contribution in [3.05, 3.63) is 0 Å². The minimum absolute atomic E-state index is 0.240.